The zero-order valence-electron chi connectivity index (χ0n) is 14.0. The van der Waals surface area contributed by atoms with Crippen LogP contribution in [-0.4, -0.2) is 24.1 Å². The fourth-order valence-electron chi connectivity index (χ4n) is 2.76. The van der Waals surface area contributed by atoms with Crippen LogP contribution in [0.4, 0.5) is 29.5 Å². The minimum atomic E-state index is -4.44. The van der Waals surface area contributed by atoms with Crippen molar-refractivity contribution >= 4 is 17.5 Å². The van der Waals surface area contributed by atoms with Gasteiger partial charge in [0.1, 0.15) is 5.82 Å². The van der Waals surface area contributed by atoms with Crippen molar-refractivity contribution in [2.75, 3.05) is 23.7 Å². The van der Waals surface area contributed by atoms with Crippen LogP contribution in [0.5, 0.6) is 0 Å². The van der Waals surface area contributed by atoms with Gasteiger partial charge < -0.3 is 16.0 Å². The number of urea groups is 1. The smallest absolute Gasteiger partial charge is 0.370 e. The highest BCUT2D eigenvalue weighted by molar-refractivity contribution is 5.89. The number of aryl methyl sites for hydroxylation is 1. The lowest BCUT2D eigenvalue weighted by molar-refractivity contribution is -0.137. The summed E-state index contributed by atoms with van der Waals surface area (Å²) in [4.78, 5) is 16.4. The third-order valence-corrected chi connectivity index (χ3v) is 4.07. The number of nitrogens with one attached hydrogen (secondary N) is 3. The van der Waals surface area contributed by atoms with Crippen molar-refractivity contribution < 1.29 is 18.0 Å². The van der Waals surface area contributed by atoms with Crippen molar-refractivity contribution in [2.24, 2.45) is 0 Å². The molecule has 1 aromatic heterocycles. The summed E-state index contributed by atoms with van der Waals surface area (Å²) in [7, 11) is 0. The molecule has 2 heterocycles. The van der Waals surface area contributed by atoms with E-state index >= 15 is 0 Å². The molecule has 1 aliphatic rings. The molecule has 2 aromatic rings. The highest BCUT2D eigenvalue weighted by atomic mass is 19.4. The summed E-state index contributed by atoms with van der Waals surface area (Å²) in [6, 6.07) is 7.92. The molecule has 2 amide bonds. The van der Waals surface area contributed by atoms with E-state index in [-0.39, 0.29) is 5.69 Å². The van der Waals surface area contributed by atoms with Gasteiger partial charge in [-0.25, -0.2) is 9.78 Å². The van der Waals surface area contributed by atoms with Crippen molar-refractivity contribution in [2.45, 2.75) is 25.4 Å². The standard InChI is InChI=1S/C18H19F3N4O/c19-18(20,21)13-4-1-5-15(11-13)25-17(26)23-10-8-14-7-6-12-3-2-9-22-16(12)24-14/h1,4-7,11H,2-3,8-10H2,(H,22,24)(H2,23,25,26). The minimum absolute atomic E-state index is 0.0911. The van der Waals surface area contributed by atoms with E-state index in [2.05, 4.69) is 20.9 Å². The van der Waals surface area contributed by atoms with Gasteiger partial charge in [-0.15, -0.1) is 0 Å². The first kappa shape index (κ1) is 18.0. The van der Waals surface area contributed by atoms with Gasteiger partial charge >= 0.3 is 12.2 Å². The Kier molecular flexibility index (Phi) is 5.29. The number of carbonyl (C=O) groups is 1. The van der Waals surface area contributed by atoms with E-state index in [0.717, 1.165) is 43.0 Å². The lowest BCUT2D eigenvalue weighted by Crippen LogP contribution is -2.30. The summed E-state index contributed by atoms with van der Waals surface area (Å²) in [6.45, 7) is 1.23. The second-order valence-corrected chi connectivity index (χ2v) is 6.05. The molecule has 0 aliphatic carbocycles. The summed E-state index contributed by atoms with van der Waals surface area (Å²) < 4.78 is 38.0. The van der Waals surface area contributed by atoms with Crippen LogP contribution in [0.25, 0.3) is 0 Å². The van der Waals surface area contributed by atoms with Gasteiger partial charge in [0.2, 0.25) is 0 Å². The van der Waals surface area contributed by atoms with Gasteiger partial charge in [0, 0.05) is 30.9 Å². The number of anilines is 2. The van der Waals surface area contributed by atoms with E-state index in [1.165, 1.54) is 17.7 Å². The van der Waals surface area contributed by atoms with Gasteiger partial charge in [0.05, 0.1) is 5.56 Å². The lowest BCUT2D eigenvalue weighted by atomic mass is 10.1. The van der Waals surface area contributed by atoms with E-state index in [1.54, 1.807) is 0 Å². The normalized spacial score (nSPS) is 13.5. The van der Waals surface area contributed by atoms with Gasteiger partial charge in [-0.1, -0.05) is 12.1 Å². The van der Waals surface area contributed by atoms with Crippen LogP contribution in [0.1, 0.15) is 23.2 Å². The van der Waals surface area contributed by atoms with E-state index < -0.39 is 17.8 Å². The average Bonchev–Trinajstić information content (AvgIpc) is 2.61. The molecule has 0 atom stereocenters. The first-order chi connectivity index (χ1) is 12.4. The number of halogens is 3. The van der Waals surface area contributed by atoms with Crippen LogP contribution in [0.3, 0.4) is 0 Å². The fraction of sp³-hybridized carbons (Fsp3) is 0.333. The lowest BCUT2D eigenvalue weighted by Gasteiger charge is -2.17. The van der Waals surface area contributed by atoms with Crippen molar-refractivity contribution in [1.82, 2.24) is 10.3 Å². The third kappa shape index (κ3) is 4.65. The molecule has 1 aromatic carbocycles. The molecule has 26 heavy (non-hydrogen) atoms. The quantitative estimate of drug-likeness (QED) is 0.773. The first-order valence-corrected chi connectivity index (χ1v) is 8.36. The van der Waals surface area contributed by atoms with Crippen LogP contribution in [0.2, 0.25) is 0 Å². The first-order valence-electron chi connectivity index (χ1n) is 8.36. The maximum atomic E-state index is 12.7. The molecule has 1 aliphatic heterocycles. The number of pyridine rings is 1. The van der Waals surface area contributed by atoms with E-state index in [4.69, 9.17) is 0 Å². The maximum Gasteiger partial charge on any atom is 0.416 e. The molecule has 0 bridgehead atoms. The number of benzene rings is 1. The topological polar surface area (TPSA) is 66.0 Å². The van der Waals surface area contributed by atoms with E-state index in [9.17, 15) is 18.0 Å². The number of hydrogen-bond acceptors (Lipinski definition) is 3. The molecular formula is C18H19F3N4O. The van der Waals surface area contributed by atoms with Gasteiger partial charge in [-0.2, -0.15) is 13.2 Å². The minimum Gasteiger partial charge on any atom is -0.370 e. The monoisotopic (exact) mass is 364 g/mol. The number of hydrogen-bond donors (Lipinski definition) is 3. The molecule has 3 rings (SSSR count). The summed E-state index contributed by atoms with van der Waals surface area (Å²) in [5.41, 5.74) is 1.32. The second kappa shape index (κ2) is 7.63. The Morgan fingerprint density at radius 2 is 2.08 bits per heavy atom. The molecule has 8 heteroatoms. The number of alkyl halides is 3. The number of amides is 2. The summed E-state index contributed by atoms with van der Waals surface area (Å²) in [5.74, 6) is 0.891. The van der Waals surface area contributed by atoms with Gasteiger partial charge in [0.25, 0.3) is 0 Å². The zero-order valence-corrected chi connectivity index (χ0v) is 14.0. The maximum absolute atomic E-state index is 12.7. The number of fused-ring (bicyclic) bond motifs is 1. The Morgan fingerprint density at radius 1 is 1.23 bits per heavy atom. The molecule has 5 nitrogen and oxygen atoms in total. The van der Waals surface area contributed by atoms with Crippen molar-refractivity contribution in [3.63, 3.8) is 0 Å². The summed E-state index contributed by atoms with van der Waals surface area (Å²) >= 11 is 0. The molecular weight excluding hydrogens is 345 g/mol. The van der Waals surface area contributed by atoms with Crippen LogP contribution >= 0.6 is 0 Å². The predicted octanol–water partition coefficient (Wildman–Crippen LogP) is 3.82. The summed E-state index contributed by atoms with van der Waals surface area (Å²) in [6.07, 6.45) is -1.82. The molecule has 0 unspecified atom stereocenters. The van der Waals surface area contributed by atoms with E-state index in [0.29, 0.717) is 13.0 Å². The van der Waals surface area contributed by atoms with Gasteiger partial charge in [0.15, 0.2) is 0 Å². The number of nitrogens with zero attached hydrogens (tertiary/aromatic N) is 1. The van der Waals surface area contributed by atoms with Crippen LogP contribution < -0.4 is 16.0 Å². The van der Waals surface area contributed by atoms with E-state index in [1.807, 2.05) is 12.1 Å². The van der Waals surface area contributed by atoms with Gasteiger partial charge in [-0.3, -0.25) is 0 Å². The Bertz CT molecular complexity index is 792. The fourth-order valence-corrected chi connectivity index (χ4v) is 2.76. The zero-order chi connectivity index (χ0) is 18.6. The van der Waals surface area contributed by atoms with Crippen LogP contribution in [0, 0.1) is 0 Å². The van der Waals surface area contributed by atoms with Crippen molar-refractivity contribution in [3.8, 4) is 0 Å². The molecule has 0 saturated carbocycles. The van der Waals surface area contributed by atoms with Crippen LogP contribution in [0.15, 0.2) is 36.4 Å². The SMILES string of the molecule is O=C(NCCc1ccc2c(n1)NCCC2)Nc1cccc(C(F)(F)F)c1. The van der Waals surface area contributed by atoms with Crippen LogP contribution in [-0.2, 0) is 19.0 Å². The predicted molar refractivity (Wildman–Crippen MR) is 93.2 cm³/mol. The summed E-state index contributed by atoms with van der Waals surface area (Å²) in [5, 5.41) is 8.28. The highest BCUT2D eigenvalue weighted by Gasteiger charge is 2.30. The Labute approximate surface area is 149 Å². The highest BCUT2D eigenvalue weighted by Crippen LogP contribution is 2.30. The second-order valence-electron chi connectivity index (χ2n) is 6.05. The Morgan fingerprint density at radius 3 is 2.88 bits per heavy atom. The molecule has 0 spiro atoms. The number of carbonyl (C=O) groups excluding carboxylic acids is 1. The Balaban J connectivity index is 1.50. The molecule has 0 radical (unpaired) electrons. The average molecular weight is 364 g/mol. The van der Waals surface area contributed by atoms with Crippen molar-refractivity contribution in [3.05, 3.63) is 53.2 Å². The molecule has 138 valence electrons. The Hall–Kier alpha value is -2.77. The number of rotatable bonds is 4. The molecule has 3 N–H and O–H groups in total. The molecule has 0 fully saturated rings. The van der Waals surface area contributed by atoms with Gasteiger partial charge in [-0.05, 0) is 42.7 Å². The third-order valence-electron chi connectivity index (χ3n) is 4.07. The van der Waals surface area contributed by atoms with Crippen molar-refractivity contribution in [1.29, 1.82) is 0 Å². The number of aromatic nitrogens is 1. The molecule has 0 saturated heterocycles. The largest absolute Gasteiger partial charge is 0.416 e.